The van der Waals surface area contributed by atoms with Crippen LogP contribution in [0.1, 0.15) is 24.8 Å². The van der Waals surface area contributed by atoms with Crippen LogP contribution in [0.25, 0.3) is 0 Å². The van der Waals surface area contributed by atoms with Crippen molar-refractivity contribution in [2.45, 2.75) is 25.1 Å². The molecule has 0 aliphatic heterocycles. The zero-order valence-corrected chi connectivity index (χ0v) is 10.6. The van der Waals surface area contributed by atoms with Crippen LogP contribution in [0, 0.1) is 0 Å². The Hall–Kier alpha value is -0.920. The molecule has 1 aromatic rings. The van der Waals surface area contributed by atoms with Gasteiger partial charge in [0.05, 0.1) is 5.25 Å². The van der Waals surface area contributed by atoms with E-state index in [1.165, 1.54) is 25.2 Å². The first kappa shape index (κ1) is 13.1. The lowest BCUT2D eigenvalue weighted by molar-refractivity contribution is -0.120. The predicted octanol–water partition coefficient (Wildman–Crippen LogP) is 0.602. The molecule has 0 saturated heterocycles. The second-order valence-corrected chi connectivity index (χ2v) is 6.77. The molecule has 0 saturated carbocycles. The summed E-state index contributed by atoms with van der Waals surface area (Å²) < 4.78 is 24.8. The molecule has 0 fully saturated rings. The van der Waals surface area contributed by atoms with Crippen molar-refractivity contribution in [3.63, 3.8) is 0 Å². The van der Waals surface area contributed by atoms with Gasteiger partial charge in [0.1, 0.15) is 6.04 Å². The minimum atomic E-state index is -3.61. The van der Waals surface area contributed by atoms with E-state index in [0.29, 0.717) is 4.88 Å². The monoisotopic (exact) mass is 262 g/mol. The topological polar surface area (TPSA) is 89.3 Å². The number of nitrogens with one attached hydrogen (secondary N) is 1. The van der Waals surface area contributed by atoms with E-state index in [1.54, 1.807) is 17.5 Å². The van der Waals surface area contributed by atoms with Crippen molar-refractivity contribution in [1.29, 1.82) is 0 Å². The molecule has 1 heterocycles. The van der Waals surface area contributed by atoms with Crippen LogP contribution < -0.4 is 10.5 Å². The third-order valence-electron chi connectivity index (χ3n) is 2.00. The summed E-state index contributed by atoms with van der Waals surface area (Å²) in [4.78, 5) is 12.2. The van der Waals surface area contributed by atoms with Gasteiger partial charge in [-0.05, 0) is 25.3 Å². The molecule has 5 nitrogen and oxygen atoms in total. The Balaban J connectivity index is 2.74. The summed E-state index contributed by atoms with van der Waals surface area (Å²) in [5.41, 5.74) is 5.62. The lowest BCUT2D eigenvalue weighted by atomic mass is 10.2. The quantitative estimate of drug-likeness (QED) is 0.831. The van der Waals surface area contributed by atoms with Crippen molar-refractivity contribution < 1.29 is 13.2 Å². The summed E-state index contributed by atoms with van der Waals surface area (Å²) >= 11 is 1.31. The van der Waals surface area contributed by atoms with Crippen LogP contribution in [0.3, 0.4) is 0 Å². The zero-order valence-electron chi connectivity index (χ0n) is 9.01. The molecule has 0 aliphatic carbocycles. The first-order valence-electron chi connectivity index (χ1n) is 4.69. The van der Waals surface area contributed by atoms with Crippen LogP contribution in [0.15, 0.2) is 17.5 Å². The van der Waals surface area contributed by atoms with Gasteiger partial charge in [-0.25, -0.2) is 8.42 Å². The summed E-state index contributed by atoms with van der Waals surface area (Å²) in [6.45, 7) is 2.98. The fraction of sp³-hybridized carbons (Fsp3) is 0.444. The van der Waals surface area contributed by atoms with Gasteiger partial charge >= 0.3 is 0 Å². The maximum absolute atomic E-state index is 11.6. The average Bonchev–Trinajstić information content (AvgIpc) is 2.68. The summed E-state index contributed by atoms with van der Waals surface area (Å²) in [5.74, 6) is -0.698. The molecule has 0 bridgehead atoms. The standard InChI is InChI=1S/C9H14N2O3S2/c1-6(2)16(13,14)11-9(12)8(10)7-4-3-5-15-7/h3-6,8H,10H2,1-2H3,(H,11,12). The fourth-order valence-electron chi connectivity index (χ4n) is 0.919. The minimum absolute atomic E-state index is 0.636. The number of hydrogen-bond donors (Lipinski definition) is 2. The third-order valence-corrected chi connectivity index (χ3v) is 4.68. The smallest absolute Gasteiger partial charge is 0.255 e. The molecule has 0 radical (unpaired) electrons. The van der Waals surface area contributed by atoms with Gasteiger partial charge in [-0.15, -0.1) is 11.3 Å². The highest BCUT2D eigenvalue weighted by molar-refractivity contribution is 7.90. The van der Waals surface area contributed by atoms with Crippen LogP contribution in [0.5, 0.6) is 0 Å². The van der Waals surface area contributed by atoms with Crippen molar-refractivity contribution in [3.05, 3.63) is 22.4 Å². The highest BCUT2D eigenvalue weighted by Gasteiger charge is 2.24. The van der Waals surface area contributed by atoms with E-state index >= 15 is 0 Å². The Morgan fingerprint density at radius 2 is 2.12 bits per heavy atom. The Bertz CT molecular complexity index is 451. The minimum Gasteiger partial charge on any atom is -0.315 e. The number of carbonyl (C=O) groups excluding carboxylic acids is 1. The maximum atomic E-state index is 11.6. The SMILES string of the molecule is CC(C)S(=O)(=O)NC(=O)C(N)c1cccs1. The average molecular weight is 262 g/mol. The molecular weight excluding hydrogens is 248 g/mol. The van der Waals surface area contributed by atoms with Gasteiger partial charge in [0, 0.05) is 4.88 Å². The number of hydrogen-bond acceptors (Lipinski definition) is 5. The van der Waals surface area contributed by atoms with Crippen molar-refractivity contribution >= 4 is 27.3 Å². The number of sulfonamides is 1. The van der Waals surface area contributed by atoms with Gasteiger partial charge in [-0.1, -0.05) is 6.07 Å². The van der Waals surface area contributed by atoms with E-state index < -0.39 is 27.2 Å². The van der Waals surface area contributed by atoms with Gasteiger partial charge < -0.3 is 5.73 Å². The fourth-order valence-corrected chi connectivity index (χ4v) is 2.29. The Morgan fingerprint density at radius 3 is 2.56 bits per heavy atom. The molecule has 1 rings (SSSR count). The van der Waals surface area contributed by atoms with Crippen LogP contribution >= 0.6 is 11.3 Å². The van der Waals surface area contributed by atoms with E-state index in [1.807, 2.05) is 4.72 Å². The Kier molecular flexibility index (Phi) is 4.06. The van der Waals surface area contributed by atoms with E-state index in [9.17, 15) is 13.2 Å². The molecule has 7 heteroatoms. The highest BCUT2D eigenvalue weighted by atomic mass is 32.2. The highest BCUT2D eigenvalue weighted by Crippen LogP contribution is 2.17. The normalized spacial score (nSPS) is 13.8. The predicted molar refractivity (Wildman–Crippen MR) is 63.4 cm³/mol. The summed E-state index contributed by atoms with van der Waals surface area (Å²) in [6, 6.07) is 2.51. The van der Waals surface area contributed by atoms with Crippen molar-refractivity contribution in [2.75, 3.05) is 0 Å². The maximum Gasteiger partial charge on any atom is 0.255 e. The lowest BCUT2D eigenvalue weighted by Crippen LogP contribution is -2.41. The summed E-state index contributed by atoms with van der Waals surface area (Å²) in [5, 5.41) is 1.12. The molecule has 16 heavy (non-hydrogen) atoms. The van der Waals surface area contributed by atoms with E-state index in [-0.39, 0.29) is 0 Å². The second kappa shape index (κ2) is 4.94. The molecular formula is C9H14N2O3S2. The van der Waals surface area contributed by atoms with E-state index in [0.717, 1.165) is 0 Å². The zero-order chi connectivity index (χ0) is 12.3. The molecule has 3 N–H and O–H groups in total. The number of carbonyl (C=O) groups is 1. The Morgan fingerprint density at radius 1 is 1.50 bits per heavy atom. The number of thiophene rings is 1. The molecule has 1 unspecified atom stereocenters. The molecule has 1 amide bonds. The van der Waals surface area contributed by atoms with Crippen molar-refractivity contribution in [3.8, 4) is 0 Å². The van der Waals surface area contributed by atoms with Crippen LogP contribution in [-0.4, -0.2) is 19.6 Å². The first-order chi connectivity index (χ1) is 7.34. The van der Waals surface area contributed by atoms with Crippen LogP contribution in [0.2, 0.25) is 0 Å². The van der Waals surface area contributed by atoms with Gasteiger partial charge in [-0.3, -0.25) is 9.52 Å². The van der Waals surface area contributed by atoms with E-state index in [4.69, 9.17) is 5.73 Å². The Labute approximate surface area is 98.7 Å². The number of rotatable bonds is 4. The summed E-state index contributed by atoms with van der Waals surface area (Å²) in [7, 11) is -3.61. The van der Waals surface area contributed by atoms with Crippen LogP contribution in [0.4, 0.5) is 0 Å². The van der Waals surface area contributed by atoms with E-state index in [2.05, 4.69) is 0 Å². The molecule has 0 aromatic carbocycles. The second-order valence-electron chi connectivity index (χ2n) is 3.55. The van der Waals surface area contributed by atoms with Gasteiger partial charge in [0.15, 0.2) is 0 Å². The molecule has 90 valence electrons. The molecule has 1 atom stereocenters. The van der Waals surface area contributed by atoms with Crippen LogP contribution in [-0.2, 0) is 14.8 Å². The van der Waals surface area contributed by atoms with Gasteiger partial charge in [-0.2, -0.15) is 0 Å². The number of amides is 1. The van der Waals surface area contributed by atoms with Gasteiger partial charge in [0.25, 0.3) is 5.91 Å². The molecule has 0 spiro atoms. The van der Waals surface area contributed by atoms with Crippen molar-refractivity contribution in [1.82, 2.24) is 4.72 Å². The number of nitrogens with two attached hydrogens (primary N) is 1. The van der Waals surface area contributed by atoms with Gasteiger partial charge in [0.2, 0.25) is 10.0 Å². The van der Waals surface area contributed by atoms with Crippen molar-refractivity contribution in [2.24, 2.45) is 5.73 Å². The first-order valence-corrected chi connectivity index (χ1v) is 7.11. The molecule has 0 aliphatic rings. The third kappa shape index (κ3) is 3.03. The summed E-state index contributed by atoms with van der Waals surface area (Å²) in [6.07, 6.45) is 0. The molecule has 1 aromatic heterocycles. The largest absolute Gasteiger partial charge is 0.315 e. The lowest BCUT2D eigenvalue weighted by Gasteiger charge is -2.12.